The van der Waals surface area contributed by atoms with E-state index in [-0.39, 0.29) is 0 Å². The zero-order valence-electron chi connectivity index (χ0n) is 10.3. The molecule has 2 nitrogen and oxygen atoms in total. The van der Waals surface area contributed by atoms with Gasteiger partial charge in [0.1, 0.15) is 0 Å². The summed E-state index contributed by atoms with van der Waals surface area (Å²) in [5.74, 6) is 1.56. The van der Waals surface area contributed by atoms with Gasteiger partial charge in [0.2, 0.25) is 0 Å². The van der Waals surface area contributed by atoms with Crippen LogP contribution in [0.5, 0.6) is 0 Å². The van der Waals surface area contributed by atoms with Crippen molar-refractivity contribution in [2.24, 2.45) is 5.92 Å². The maximum atomic E-state index is 6.14. The Morgan fingerprint density at radius 3 is 2.78 bits per heavy atom. The smallest absolute Gasteiger partial charge is 0.0457 e. The normalized spacial score (nSPS) is 31.1. The summed E-state index contributed by atoms with van der Waals surface area (Å²) >= 11 is 6.14. The van der Waals surface area contributed by atoms with Crippen molar-refractivity contribution in [3.63, 3.8) is 0 Å². The molecule has 3 aliphatic heterocycles. The molecule has 5 rings (SSSR count). The molecule has 1 aromatic heterocycles. The van der Waals surface area contributed by atoms with Crippen LogP contribution < -0.4 is 0 Å². The first-order valence-corrected chi connectivity index (χ1v) is 7.18. The van der Waals surface area contributed by atoms with Crippen LogP contribution in [0.15, 0.2) is 24.4 Å². The Kier molecular flexibility index (Phi) is 2.42. The minimum Gasteiger partial charge on any atom is -0.361 e. The number of H-pyrrole nitrogens is 1. The van der Waals surface area contributed by atoms with Crippen LogP contribution in [0, 0.1) is 5.92 Å². The van der Waals surface area contributed by atoms with E-state index >= 15 is 0 Å². The number of nitrogens with one attached hydrogen (secondary N) is 1. The van der Waals surface area contributed by atoms with Gasteiger partial charge in [-0.15, -0.1) is 0 Å². The second-order valence-electron chi connectivity index (χ2n) is 5.68. The monoisotopic (exact) mass is 260 g/mol. The van der Waals surface area contributed by atoms with Crippen LogP contribution in [0.4, 0.5) is 0 Å². The molecule has 2 aromatic rings. The molecule has 4 heterocycles. The molecular formula is C15H17ClN2. The average molecular weight is 261 g/mol. The molecule has 1 atom stereocenters. The second-order valence-corrected chi connectivity index (χ2v) is 6.11. The van der Waals surface area contributed by atoms with Crippen LogP contribution in [0.3, 0.4) is 0 Å². The van der Waals surface area contributed by atoms with Gasteiger partial charge in [-0.25, -0.2) is 0 Å². The van der Waals surface area contributed by atoms with Gasteiger partial charge in [-0.1, -0.05) is 11.6 Å². The average Bonchev–Trinajstić information content (AvgIpc) is 2.83. The van der Waals surface area contributed by atoms with Crippen molar-refractivity contribution < 1.29 is 0 Å². The molecular weight excluding hydrogens is 244 g/mol. The topological polar surface area (TPSA) is 19.0 Å². The summed E-state index contributed by atoms with van der Waals surface area (Å²) in [5.41, 5.74) is 2.69. The van der Waals surface area contributed by atoms with Crippen molar-refractivity contribution in [2.45, 2.75) is 18.8 Å². The molecule has 94 valence electrons. The molecule has 2 bridgehead atoms. The van der Waals surface area contributed by atoms with Gasteiger partial charge in [-0.3, -0.25) is 0 Å². The molecule has 0 spiro atoms. The molecule has 0 amide bonds. The van der Waals surface area contributed by atoms with Gasteiger partial charge in [0.15, 0.2) is 0 Å². The molecule has 0 aliphatic carbocycles. The number of hydrogen-bond acceptors (Lipinski definition) is 1. The zero-order valence-corrected chi connectivity index (χ0v) is 11.1. The van der Waals surface area contributed by atoms with E-state index < -0.39 is 0 Å². The van der Waals surface area contributed by atoms with E-state index in [2.05, 4.69) is 28.2 Å². The van der Waals surface area contributed by atoms with E-state index in [1.807, 2.05) is 6.07 Å². The van der Waals surface area contributed by atoms with Gasteiger partial charge < -0.3 is 9.88 Å². The van der Waals surface area contributed by atoms with Crippen LogP contribution in [-0.2, 0) is 0 Å². The molecule has 3 fully saturated rings. The quantitative estimate of drug-likeness (QED) is 0.830. The number of nitrogens with zero attached hydrogens (tertiary/aromatic N) is 1. The first kappa shape index (κ1) is 10.9. The number of hydrogen-bond donors (Lipinski definition) is 1. The van der Waals surface area contributed by atoms with Crippen molar-refractivity contribution in [1.29, 1.82) is 0 Å². The first-order chi connectivity index (χ1) is 8.81. The highest BCUT2D eigenvalue weighted by Gasteiger charge is 2.35. The van der Waals surface area contributed by atoms with Crippen LogP contribution >= 0.6 is 11.6 Å². The van der Waals surface area contributed by atoms with Gasteiger partial charge in [-0.2, -0.15) is 0 Å². The van der Waals surface area contributed by atoms with Crippen molar-refractivity contribution in [3.05, 3.63) is 35.0 Å². The van der Waals surface area contributed by atoms with E-state index in [0.717, 1.165) is 10.9 Å². The van der Waals surface area contributed by atoms with E-state index in [1.54, 1.807) is 0 Å². The summed E-state index contributed by atoms with van der Waals surface area (Å²) in [6.45, 7) is 3.82. The third-order valence-electron chi connectivity index (χ3n) is 4.73. The Morgan fingerprint density at radius 2 is 2.06 bits per heavy atom. The first-order valence-electron chi connectivity index (χ1n) is 6.80. The molecule has 3 saturated heterocycles. The molecule has 3 aliphatic rings. The number of halogens is 1. The zero-order chi connectivity index (χ0) is 12.1. The largest absolute Gasteiger partial charge is 0.361 e. The number of piperidine rings is 3. The highest BCUT2D eigenvalue weighted by molar-refractivity contribution is 6.31. The van der Waals surface area contributed by atoms with Crippen LogP contribution in [-0.4, -0.2) is 29.5 Å². The van der Waals surface area contributed by atoms with E-state index in [4.69, 9.17) is 11.6 Å². The Hall–Kier alpha value is -0.990. The Labute approximate surface area is 112 Å². The lowest BCUT2D eigenvalue weighted by molar-refractivity contribution is 0.0876. The summed E-state index contributed by atoms with van der Waals surface area (Å²) in [4.78, 5) is 6.00. The summed E-state index contributed by atoms with van der Waals surface area (Å²) in [6.07, 6.45) is 4.92. The Morgan fingerprint density at radius 1 is 1.22 bits per heavy atom. The molecule has 3 heteroatoms. The van der Waals surface area contributed by atoms with Gasteiger partial charge in [0.25, 0.3) is 0 Å². The molecule has 1 unspecified atom stereocenters. The van der Waals surface area contributed by atoms with Gasteiger partial charge >= 0.3 is 0 Å². The summed E-state index contributed by atoms with van der Waals surface area (Å²) in [5, 5.41) is 2.16. The number of benzene rings is 1. The van der Waals surface area contributed by atoms with Gasteiger partial charge in [-0.05, 0) is 55.6 Å². The van der Waals surface area contributed by atoms with Crippen molar-refractivity contribution in [2.75, 3.05) is 19.6 Å². The summed E-state index contributed by atoms with van der Waals surface area (Å²) in [7, 11) is 0. The Balaban J connectivity index is 1.80. The van der Waals surface area contributed by atoms with E-state index in [0.29, 0.717) is 5.92 Å². The number of fused-ring (bicyclic) bond motifs is 4. The van der Waals surface area contributed by atoms with Crippen LogP contribution in [0.1, 0.15) is 24.3 Å². The standard InChI is InChI=1S/C15H17ClN2/c16-11-1-2-15-12(7-11)13(8-17-15)14-9-18-5-3-10(14)4-6-18/h1-2,7-8,10,14,17H,3-6,9H2. The van der Waals surface area contributed by atoms with Gasteiger partial charge in [0, 0.05) is 34.6 Å². The Bertz CT molecular complexity index is 581. The fourth-order valence-electron chi connectivity index (χ4n) is 3.74. The number of aromatic nitrogens is 1. The van der Waals surface area contributed by atoms with Crippen molar-refractivity contribution >= 4 is 22.5 Å². The molecule has 0 radical (unpaired) electrons. The fourth-order valence-corrected chi connectivity index (χ4v) is 3.91. The third kappa shape index (κ3) is 1.59. The molecule has 18 heavy (non-hydrogen) atoms. The fraction of sp³-hybridized carbons (Fsp3) is 0.467. The SMILES string of the molecule is Clc1ccc2[nH]cc(C3CN4CCC3CC4)c2c1. The predicted octanol–water partition coefficient (Wildman–Crippen LogP) is 3.63. The lowest BCUT2D eigenvalue weighted by Crippen LogP contribution is -2.46. The van der Waals surface area contributed by atoms with Crippen LogP contribution in [0.2, 0.25) is 5.02 Å². The maximum Gasteiger partial charge on any atom is 0.0457 e. The van der Waals surface area contributed by atoms with Crippen molar-refractivity contribution in [3.8, 4) is 0 Å². The minimum atomic E-state index is 0.694. The van der Waals surface area contributed by atoms with E-state index in [1.165, 1.54) is 48.9 Å². The lowest BCUT2D eigenvalue weighted by Gasteiger charge is -2.44. The molecule has 1 aromatic carbocycles. The maximum absolute atomic E-state index is 6.14. The predicted molar refractivity (Wildman–Crippen MR) is 75.2 cm³/mol. The highest BCUT2D eigenvalue weighted by atomic mass is 35.5. The second kappa shape index (κ2) is 4.01. The van der Waals surface area contributed by atoms with Crippen LogP contribution in [0.25, 0.3) is 10.9 Å². The number of rotatable bonds is 1. The molecule has 0 saturated carbocycles. The third-order valence-corrected chi connectivity index (χ3v) is 4.97. The lowest BCUT2D eigenvalue weighted by atomic mass is 9.75. The number of aromatic amines is 1. The summed E-state index contributed by atoms with van der Waals surface area (Å²) < 4.78 is 0. The van der Waals surface area contributed by atoms with Gasteiger partial charge in [0.05, 0.1) is 0 Å². The van der Waals surface area contributed by atoms with Crippen molar-refractivity contribution in [1.82, 2.24) is 9.88 Å². The minimum absolute atomic E-state index is 0.694. The summed E-state index contributed by atoms with van der Waals surface area (Å²) in [6, 6.07) is 6.16. The molecule has 1 N–H and O–H groups in total. The highest BCUT2D eigenvalue weighted by Crippen LogP contribution is 2.41. The van der Waals surface area contributed by atoms with E-state index in [9.17, 15) is 0 Å².